The summed E-state index contributed by atoms with van der Waals surface area (Å²) >= 11 is 0. The summed E-state index contributed by atoms with van der Waals surface area (Å²) in [6.45, 7) is 3.48. The zero-order valence-electron chi connectivity index (χ0n) is 11.1. The Morgan fingerprint density at radius 2 is 2.11 bits per heavy atom. The molecule has 1 aromatic heterocycles. The van der Waals surface area contributed by atoms with Crippen LogP contribution in [0.25, 0.3) is 0 Å². The number of hydrogen-bond donors (Lipinski definition) is 2. The molecular weight excluding hydrogens is 256 g/mol. The quantitative estimate of drug-likeness (QED) is 0.781. The first-order valence-electron chi connectivity index (χ1n) is 5.64. The molecule has 0 amide bonds. The van der Waals surface area contributed by atoms with E-state index in [4.69, 9.17) is 9.52 Å². The van der Waals surface area contributed by atoms with Crippen molar-refractivity contribution in [1.29, 1.82) is 0 Å². The van der Waals surface area contributed by atoms with Crippen LogP contribution >= 0.6 is 0 Å². The Morgan fingerprint density at radius 3 is 2.56 bits per heavy atom. The molecule has 104 valence electrons. The lowest BCUT2D eigenvalue weighted by Gasteiger charge is -2.19. The molecule has 0 radical (unpaired) electrons. The number of nitrogens with zero attached hydrogens (tertiary/aromatic N) is 1. The minimum atomic E-state index is -3.59. The molecule has 1 atom stereocenters. The number of sulfonamides is 1. The second-order valence-corrected chi connectivity index (χ2v) is 6.19. The van der Waals surface area contributed by atoms with Crippen molar-refractivity contribution in [2.75, 3.05) is 20.6 Å². The number of aliphatic hydroxyl groups excluding tert-OH is 1. The molecule has 1 heterocycles. The Hall–Kier alpha value is -0.890. The van der Waals surface area contributed by atoms with Gasteiger partial charge in [-0.1, -0.05) is 0 Å². The minimum absolute atomic E-state index is 0.0810. The molecule has 0 fully saturated rings. The molecule has 0 saturated heterocycles. The number of likely N-dealkylation sites (N-methyl/N-ethyl adjacent to an activating group) is 1. The van der Waals surface area contributed by atoms with Gasteiger partial charge in [0.2, 0.25) is 10.0 Å². The number of rotatable bonds is 6. The smallest absolute Gasteiger partial charge is 0.244 e. The van der Waals surface area contributed by atoms with Crippen LogP contribution < -0.4 is 4.72 Å². The van der Waals surface area contributed by atoms with E-state index in [2.05, 4.69) is 4.72 Å². The van der Waals surface area contributed by atoms with Crippen LogP contribution in [0, 0.1) is 6.92 Å². The van der Waals surface area contributed by atoms with Gasteiger partial charge in [0, 0.05) is 18.7 Å². The molecule has 0 aliphatic carbocycles. The molecule has 7 heteroatoms. The van der Waals surface area contributed by atoms with E-state index in [0.29, 0.717) is 6.54 Å². The molecule has 1 rings (SSSR count). The van der Waals surface area contributed by atoms with E-state index in [1.54, 1.807) is 6.92 Å². The molecule has 0 spiro atoms. The Morgan fingerprint density at radius 1 is 1.50 bits per heavy atom. The van der Waals surface area contributed by atoms with Crippen molar-refractivity contribution in [3.8, 4) is 0 Å². The lowest BCUT2D eigenvalue weighted by atomic mass is 10.3. The number of aliphatic hydroxyl groups is 1. The van der Waals surface area contributed by atoms with Crippen LogP contribution in [0.15, 0.2) is 15.4 Å². The molecular formula is C11H20N2O4S. The van der Waals surface area contributed by atoms with Gasteiger partial charge in [-0.25, -0.2) is 13.1 Å². The zero-order valence-corrected chi connectivity index (χ0v) is 11.9. The van der Waals surface area contributed by atoms with Gasteiger partial charge in [0.1, 0.15) is 23.0 Å². The minimum Gasteiger partial charge on any atom is -0.462 e. The van der Waals surface area contributed by atoms with E-state index in [0.717, 1.165) is 0 Å². The molecule has 1 aromatic rings. The van der Waals surface area contributed by atoms with Crippen LogP contribution in [0.4, 0.5) is 0 Å². The summed E-state index contributed by atoms with van der Waals surface area (Å²) in [4.78, 5) is 2.00. The topological polar surface area (TPSA) is 82.8 Å². The largest absolute Gasteiger partial charge is 0.462 e. The fraction of sp³-hybridized carbons (Fsp3) is 0.636. The Balaban J connectivity index is 2.83. The Bertz CT molecular complexity index is 493. The van der Waals surface area contributed by atoms with Crippen LogP contribution in [0.1, 0.15) is 18.4 Å². The van der Waals surface area contributed by atoms with E-state index in [1.165, 1.54) is 6.07 Å². The second-order valence-electron chi connectivity index (χ2n) is 4.46. The van der Waals surface area contributed by atoms with Crippen LogP contribution in [-0.4, -0.2) is 45.1 Å². The molecule has 0 aromatic carbocycles. The molecule has 6 nitrogen and oxygen atoms in total. The Labute approximate surface area is 108 Å². The van der Waals surface area contributed by atoms with E-state index >= 15 is 0 Å². The molecule has 0 aliphatic rings. The standard InChI is InChI=1S/C11H20N2O4S/c1-8(13(3)4)6-12-18(15,16)11-5-10(7-14)17-9(11)2/h5,8,12,14H,6-7H2,1-4H3. The first-order chi connectivity index (χ1) is 8.27. The highest BCUT2D eigenvalue weighted by Gasteiger charge is 2.21. The third-order valence-electron chi connectivity index (χ3n) is 2.82. The summed E-state index contributed by atoms with van der Waals surface area (Å²) in [6.07, 6.45) is 0. The van der Waals surface area contributed by atoms with Crippen molar-refractivity contribution in [2.24, 2.45) is 0 Å². The average molecular weight is 276 g/mol. The van der Waals surface area contributed by atoms with Crippen LogP contribution in [-0.2, 0) is 16.6 Å². The number of furan rings is 1. The highest BCUT2D eigenvalue weighted by molar-refractivity contribution is 7.89. The van der Waals surface area contributed by atoms with Gasteiger partial charge in [0.25, 0.3) is 0 Å². The number of aryl methyl sites for hydroxylation is 1. The molecule has 0 saturated carbocycles. The summed E-state index contributed by atoms with van der Waals surface area (Å²) in [7, 11) is 0.171. The SMILES string of the molecule is Cc1oc(CO)cc1S(=O)(=O)NCC(C)N(C)C. The highest BCUT2D eigenvalue weighted by Crippen LogP contribution is 2.19. The molecule has 18 heavy (non-hydrogen) atoms. The van der Waals surface area contributed by atoms with Crippen molar-refractivity contribution in [2.45, 2.75) is 31.4 Å². The summed E-state index contributed by atoms with van der Waals surface area (Å²) in [6, 6.07) is 1.43. The second kappa shape index (κ2) is 5.83. The highest BCUT2D eigenvalue weighted by atomic mass is 32.2. The van der Waals surface area contributed by atoms with Gasteiger partial charge in [0.05, 0.1) is 0 Å². The maximum absolute atomic E-state index is 12.0. The van der Waals surface area contributed by atoms with E-state index in [1.807, 2.05) is 25.9 Å². The fourth-order valence-electron chi connectivity index (χ4n) is 1.36. The van der Waals surface area contributed by atoms with Crippen molar-refractivity contribution >= 4 is 10.0 Å². The molecule has 2 N–H and O–H groups in total. The van der Waals surface area contributed by atoms with Crippen LogP contribution in [0.5, 0.6) is 0 Å². The van der Waals surface area contributed by atoms with Gasteiger partial charge < -0.3 is 14.4 Å². The predicted octanol–water partition coefficient (Wildman–Crippen LogP) is 0.309. The third-order valence-corrected chi connectivity index (χ3v) is 4.35. The van der Waals surface area contributed by atoms with Crippen molar-refractivity contribution in [3.63, 3.8) is 0 Å². The summed E-state index contributed by atoms with van der Waals surface area (Å²) in [5.74, 6) is 0.526. The first-order valence-corrected chi connectivity index (χ1v) is 7.12. The molecule has 1 unspecified atom stereocenters. The maximum Gasteiger partial charge on any atom is 0.244 e. The van der Waals surface area contributed by atoms with Crippen molar-refractivity contribution in [1.82, 2.24) is 9.62 Å². The first kappa shape index (κ1) is 15.2. The Kier molecular flexibility index (Phi) is 4.92. The van der Waals surface area contributed by atoms with Gasteiger partial charge >= 0.3 is 0 Å². The molecule has 0 bridgehead atoms. The number of nitrogens with one attached hydrogen (secondary N) is 1. The maximum atomic E-state index is 12.0. The average Bonchev–Trinajstić information content (AvgIpc) is 2.68. The monoisotopic (exact) mass is 276 g/mol. The van der Waals surface area contributed by atoms with Crippen LogP contribution in [0.3, 0.4) is 0 Å². The summed E-state index contributed by atoms with van der Waals surface area (Å²) in [5.41, 5.74) is 0. The predicted molar refractivity (Wildman–Crippen MR) is 67.7 cm³/mol. The van der Waals surface area contributed by atoms with Gasteiger partial charge in [-0.2, -0.15) is 0 Å². The van der Waals surface area contributed by atoms with Gasteiger partial charge in [0.15, 0.2) is 0 Å². The van der Waals surface area contributed by atoms with Crippen molar-refractivity contribution in [3.05, 3.63) is 17.6 Å². The van der Waals surface area contributed by atoms with Crippen LogP contribution in [0.2, 0.25) is 0 Å². The number of hydrogen-bond acceptors (Lipinski definition) is 5. The third kappa shape index (κ3) is 3.55. The summed E-state index contributed by atoms with van der Waals surface area (Å²) < 4.78 is 31.7. The van der Waals surface area contributed by atoms with E-state index in [9.17, 15) is 8.42 Å². The molecule has 0 aliphatic heterocycles. The summed E-state index contributed by atoms with van der Waals surface area (Å²) in [5, 5.41) is 8.92. The van der Waals surface area contributed by atoms with Gasteiger partial charge in [-0.3, -0.25) is 0 Å². The van der Waals surface area contributed by atoms with E-state index < -0.39 is 10.0 Å². The lowest BCUT2D eigenvalue weighted by molar-refractivity contribution is 0.244. The lowest BCUT2D eigenvalue weighted by Crippen LogP contribution is -2.38. The van der Waals surface area contributed by atoms with E-state index in [-0.39, 0.29) is 29.1 Å². The van der Waals surface area contributed by atoms with Gasteiger partial charge in [-0.15, -0.1) is 0 Å². The fourth-order valence-corrected chi connectivity index (χ4v) is 2.68. The normalized spacial score (nSPS) is 14.1. The zero-order chi connectivity index (χ0) is 13.9. The van der Waals surface area contributed by atoms with Crippen molar-refractivity contribution < 1.29 is 17.9 Å². The van der Waals surface area contributed by atoms with Gasteiger partial charge in [-0.05, 0) is 27.9 Å².